The maximum absolute atomic E-state index is 12.1. The number of aliphatic carboxylic acids is 1. The number of nitro groups is 1. The molecule has 0 radical (unpaired) electrons. The number of benzene rings is 2. The van der Waals surface area contributed by atoms with Crippen molar-refractivity contribution in [2.24, 2.45) is 0 Å². The van der Waals surface area contributed by atoms with Crippen molar-refractivity contribution >= 4 is 23.3 Å². The predicted molar refractivity (Wildman–Crippen MR) is 101 cm³/mol. The van der Waals surface area contributed by atoms with E-state index in [0.717, 1.165) is 5.56 Å². The molecule has 8 heteroatoms. The van der Waals surface area contributed by atoms with Crippen LogP contribution in [0.15, 0.2) is 48.5 Å². The van der Waals surface area contributed by atoms with E-state index in [9.17, 15) is 24.8 Å². The Kier molecular flexibility index (Phi) is 6.87. The first-order valence-corrected chi connectivity index (χ1v) is 8.46. The maximum Gasteiger partial charge on any atom is 0.326 e. The lowest BCUT2D eigenvalue weighted by molar-refractivity contribution is -0.384. The molecule has 0 aliphatic carbocycles. The SMILES string of the molecule is Cc1ccc([N+](=O)[O-])c(NCCC[C@H](NC(=O)c2ccccc2)C(=O)O)c1. The topological polar surface area (TPSA) is 122 Å². The molecule has 1 amide bonds. The number of carbonyl (C=O) groups excluding carboxylic acids is 1. The smallest absolute Gasteiger partial charge is 0.326 e. The minimum atomic E-state index is -1.12. The number of carboxylic acid groups (broad SMARTS) is 1. The second kappa shape index (κ2) is 9.33. The van der Waals surface area contributed by atoms with Crippen molar-refractivity contribution < 1.29 is 19.6 Å². The van der Waals surface area contributed by atoms with Gasteiger partial charge in [0.25, 0.3) is 11.6 Å². The van der Waals surface area contributed by atoms with Gasteiger partial charge in [0.1, 0.15) is 11.7 Å². The Bertz CT molecular complexity index is 823. The van der Waals surface area contributed by atoms with Crippen molar-refractivity contribution in [1.82, 2.24) is 5.32 Å². The van der Waals surface area contributed by atoms with Gasteiger partial charge in [0.2, 0.25) is 0 Å². The van der Waals surface area contributed by atoms with Crippen LogP contribution in [-0.4, -0.2) is 34.5 Å². The largest absolute Gasteiger partial charge is 0.480 e. The lowest BCUT2D eigenvalue weighted by atomic mass is 10.1. The molecule has 3 N–H and O–H groups in total. The fourth-order valence-electron chi connectivity index (χ4n) is 2.57. The van der Waals surface area contributed by atoms with Crippen molar-refractivity contribution in [2.75, 3.05) is 11.9 Å². The Morgan fingerprint density at radius 1 is 1.19 bits per heavy atom. The first kappa shape index (κ1) is 19.9. The predicted octanol–water partition coefficient (Wildman–Crippen LogP) is 2.98. The molecule has 2 rings (SSSR count). The van der Waals surface area contributed by atoms with Gasteiger partial charge < -0.3 is 15.7 Å². The molecule has 27 heavy (non-hydrogen) atoms. The summed E-state index contributed by atoms with van der Waals surface area (Å²) in [5.74, 6) is -1.58. The van der Waals surface area contributed by atoms with E-state index in [1.54, 1.807) is 42.5 Å². The summed E-state index contributed by atoms with van der Waals surface area (Å²) in [6, 6.07) is 12.1. The van der Waals surface area contributed by atoms with Crippen molar-refractivity contribution in [1.29, 1.82) is 0 Å². The monoisotopic (exact) mass is 371 g/mol. The number of anilines is 1. The van der Waals surface area contributed by atoms with E-state index in [-0.39, 0.29) is 12.1 Å². The molecule has 0 aromatic heterocycles. The molecular weight excluding hydrogens is 350 g/mol. The second-order valence-electron chi connectivity index (χ2n) is 6.08. The third-order valence-corrected chi connectivity index (χ3v) is 3.97. The summed E-state index contributed by atoms with van der Waals surface area (Å²) in [6.45, 7) is 2.17. The maximum atomic E-state index is 12.1. The van der Waals surface area contributed by atoms with Gasteiger partial charge in [-0.3, -0.25) is 14.9 Å². The fraction of sp³-hybridized carbons (Fsp3) is 0.263. The number of aryl methyl sites for hydroxylation is 1. The van der Waals surface area contributed by atoms with Crippen LogP contribution in [0.25, 0.3) is 0 Å². The van der Waals surface area contributed by atoms with Crippen molar-refractivity contribution in [3.05, 3.63) is 69.8 Å². The van der Waals surface area contributed by atoms with Crippen LogP contribution in [0.3, 0.4) is 0 Å². The summed E-state index contributed by atoms with van der Waals surface area (Å²) < 4.78 is 0. The van der Waals surface area contributed by atoms with Crippen LogP contribution in [0.2, 0.25) is 0 Å². The van der Waals surface area contributed by atoms with E-state index in [2.05, 4.69) is 10.6 Å². The number of nitro benzene ring substituents is 1. The number of rotatable bonds is 9. The third kappa shape index (κ3) is 5.81. The molecular formula is C19H21N3O5. The van der Waals surface area contributed by atoms with Gasteiger partial charge in [-0.1, -0.05) is 24.3 Å². The van der Waals surface area contributed by atoms with Gasteiger partial charge in [-0.05, 0) is 43.5 Å². The molecule has 0 saturated heterocycles. The van der Waals surface area contributed by atoms with Gasteiger partial charge in [0.05, 0.1) is 4.92 Å². The summed E-state index contributed by atoms with van der Waals surface area (Å²) >= 11 is 0. The Morgan fingerprint density at radius 3 is 2.52 bits per heavy atom. The Labute approximate surface area is 156 Å². The highest BCUT2D eigenvalue weighted by Gasteiger charge is 2.20. The average molecular weight is 371 g/mol. The first-order chi connectivity index (χ1) is 12.9. The van der Waals surface area contributed by atoms with Crippen LogP contribution in [-0.2, 0) is 4.79 Å². The summed E-state index contributed by atoms with van der Waals surface area (Å²) in [5, 5.41) is 25.8. The highest BCUT2D eigenvalue weighted by atomic mass is 16.6. The molecule has 142 valence electrons. The van der Waals surface area contributed by atoms with Crippen LogP contribution in [0, 0.1) is 17.0 Å². The van der Waals surface area contributed by atoms with E-state index in [0.29, 0.717) is 24.2 Å². The molecule has 0 bridgehead atoms. The van der Waals surface area contributed by atoms with Crippen molar-refractivity contribution in [3.63, 3.8) is 0 Å². The zero-order valence-electron chi connectivity index (χ0n) is 14.8. The van der Waals surface area contributed by atoms with E-state index < -0.39 is 22.8 Å². The van der Waals surface area contributed by atoms with Crippen molar-refractivity contribution in [2.45, 2.75) is 25.8 Å². The number of nitrogens with zero attached hydrogens (tertiary/aromatic N) is 1. The number of nitrogens with one attached hydrogen (secondary N) is 2. The van der Waals surface area contributed by atoms with Gasteiger partial charge in [-0.15, -0.1) is 0 Å². The zero-order chi connectivity index (χ0) is 19.8. The van der Waals surface area contributed by atoms with E-state index in [4.69, 9.17) is 0 Å². The number of carbonyl (C=O) groups is 2. The molecule has 0 unspecified atom stereocenters. The summed E-state index contributed by atoms with van der Waals surface area (Å²) in [4.78, 5) is 34.1. The van der Waals surface area contributed by atoms with Crippen LogP contribution < -0.4 is 10.6 Å². The zero-order valence-corrected chi connectivity index (χ0v) is 14.8. The lowest BCUT2D eigenvalue weighted by Crippen LogP contribution is -2.41. The summed E-state index contributed by atoms with van der Waals surface area (Å²) in [5.41, 5.74) is 1.62. The molecule has 2 aromatic carbocycles. The highest BCUT2D eigenvalue weighted by Crippen LogP contribution is 2.25. The van der Waals surface area contributed by atoms with E-state index >= 15 is 0 Å². The molecule has 2 aromatic rings. The molecule has 0 spiro atoms. The molecule has 0 aliphatic rings. The minimum absolute atomic E-state index is 0.0345. The Hall–Kier alpha value is -3.42. The van der Waals surface area contributed by atoms with Crippen LogP contribution in [0.4, 0.5) is 11.4 Å². The summed E-state index contributed by atoms with van der Waals surface area (Å²) in [7, 11) is 0. The first-order valence-electron chi connectivity index (χ1n) is 8.46. The van der Waals surface area contributed by atoms with Gasteiger partial charge in [0.15, 0.2) is 0 Å². The fourth-order valence-corrected chi connectivity index (χ4v) is 2.57. The van der Waals surface area contributed by atoms with E-state index in [1.807, 2.05) is 6.92 Å². The van der Waals surface area contributed by atoms with Gasteiger partial charge in [-0.2, -0.15) is 0 Å². The normalized spacial score (nSPS) is 11.4. The quantitative estimate of drug-likeness (QED) is 0.354. The molecule has 1 atom stereocenters. The molecule has 0 saturated carbocycles. The molecule has 0 aliphatic heterocycles. The molecule has 8 nitrogen and oxygen atoms in total. The minimum Gasteiger partial charge on any atom is -0.480 e. The average Bonchev–Trinajstić information content (AvgIpc) is 2.64. The summed E-state index contributed by atoms with van der Waals surface area (Å²) in [6.07, 6.45) is 0.609. The van der Waals surface area contributed by atoms with Gasteiger partial charge in [0, 0.05) is 18.2 Å². The van der Waals surface area contributed by atoms with Gasteiger partial charge in [-0.25, -0.2) is 4.79 Å². The second-order valence-corrected chi connectivity index (χ2v) is 6.08. The standard InChI is InChI=1S/C19H21N3O5/c1-13-9-10-17(22(26)27)16(12-13)20-11-5-8-15(19(24)25)21-18(23)14-6-3-2-4-7-14/h2-4,6-7,9-10,12,15,20H,5,8,11H2,1H3,(H,21,23)(H,24,25)/t15-/m0/s1. The molecule has 0 fully saturated rings. The van der Waals surface area contributed by atoms with Crippen LogP contribution in [0.5, 0.6) is 0 Å². The lowest BCUT2D eigenvalue weighted by Gasteiger charge is -2.15. The van der Waals surface area contributed by atoms with Gasteiger partial charge >= 0.3 is 5.97 Å². The Morgan fingerprint density at radius 2 is 1.89 bits per heavy atom. The Balaban J connectivity index is 1.90. The van der Waals surface area contributed by atoms with Crippen LogP contribution in [0.1, 0.15) is 28.8 Å². The molecule has 0 heterocycles. The number of hydrogen-bond donors (Lipinski definition) is 3. The highest BCUT2D eigenvalue weighted by molar-refractivity contribution is 5.96. The van der Waals surface area contributed by atoms with E-state index in [1.165, 1.54) is 6.07 Å². The van der Waals surface area contributed by atoms with Crippen LogP contribution >= 0.6 is 0 Å². The number of amides is 1. The number of hydrogen-bond acceptors (Lipinski definition) is 5. The van der Waals surface area contributed by atoms with Crippen molar-refractivity contribution in [3.8, 4) is 0 Å². The third-order valence-electron chi connectivity index (χ3n) is 3.97. The number of carboxylic acids is 1.